The Kier molecular flexibility index (Phi) is 8.11. The van der Waals surface area contributed by atoms with Crippen LogP contribution in [0.15, 0.2) is 91.0 Å². The molecule has 2 N–H and O–H groups in total. The van der Waals surface area contributed by atoms with Crippen molar-refractivity contribution >= 4 is 23.7 Å². The first kappa shape index (κ1) is 28.6. The van der Waals surface area contributed by atoms with Crippen LogP contribution in [0.4, 0.5) is 10.5 Å². The lowest BCUT2D eigenvalue weighted by molar-refractivity contribution is -0.136. The standard InChI is InChI=1S/C35H34N2O5/c1-35(2,3)27-11-15-29(16-12-27)42-34(41)37(28-13-9-24(10-14-28)33(40)36-19-18-32(38)39)22-23-8-17-31-26(20-23)21-25-6-4-5-7-30(25)31/h4-17,20H,18-19,21-22H2,1-3H3,(H,36,40)(H,38,39). The normalized spacial score (nSPS) is 11.8. The molecule has 0 bridgehead atoms. The van der Waals surface area contributed by atoms with Gasteiger partial charge in [0.25, 0.3) is 5.91 Å². The Bertz CT molecular complexity index is 1620. The van der Waals surface area contributed by atoms with Gasteiger partial charge >= 0.3 is 12.1 Å². The van der Waals surface area contributed by atoms with Gasteiger partial charge < -0.3 is 15.2 Å². The lowest BCUT2D eigenvalue weighted by atomic mass is 9.87. The molecule has 0 fully saturated rings. The molecule has 0 aliphatic heterocycles. The number of carboxylic acid groups (broad SMARTS) is 1. The van der Waals surface area contributed by atoms with E-state index in [9.17, 15) is 14.4 Å². The highest BCUT2D eigenvalue weighted by Gasteiger charge is 2.23. The molecular formula is C35H34N2O5. The van der Waals surface area contributed by atoms with E-state index >= 15 is 0 Å². The quantitative estimate of drug-likeness (QED) is 0.213. The van der Waals surface area contributed by atoms with E-state index in [1.54, 1.807) is 41.3 Å². The number of anilines is 1. The first-order valence-electron chi connectivity index (χ1n) is 14.0. The maximum absolute atomic E-state index is 13.6. The largest absolute Gasteiger partial charge is 0.481 e. The summed E-state index contributed by atoms with van der Waals surface area (Å²) in [6.45, 7) is 6.68. The van der Waals surface area contributed by atoms with Gasteiger partial charge in [-0.3, -0.25) is 14.5 Å². The third-order valence-electron chi connectivity index (χ3n) is 7.41. The van der Waals surface area contributed by atoms with Gasteiger partial charge in [0.2, 0.25) is 0 Å². The minimum Gasteiger partial charge on any atom is -0.481 e. The molecule has 42 heavy (non-hydrogen) atoms. The fraction of sp³-hybridized carbons (Fsp3) is 0.229. The molecule has 0 atom stereocenters. The molecule has 2 amide bonds. The number of carbonyl (C=O) groups excluding carboxylic acids is 2. The highest BCUT2D eigenvalue weighted by Crippen LogP contribution is 2.37. The first-order valence-corrected chi connectivity index (χ1v) is 14.0. The Labute approximate surface area is 245 Å². The van der Waals surface area contributed by atoms with E-state index in [1.165, 1.54) is 22.3 Å². The number of amides is 2. The summed E-state index contributed by atoms with van der Waals surface area (Å²) in [7, 11) is 0. The number of hydrogen-bond acceptors (Lipinski definition) is 4. The summed E-state index contributed by atoms with van der Waals surface area (Å²) < 4.78 is 5.82. The number of benzene rings is 4. The Hall–Kier alpha value is -4.91. The van der Waals surface area contributed by atoms with Crippen LogP contribution in [0.5, 0.6) is 5.75 Å². The van der Waals surface area contributed by atoms with E-state index in [-0.39, 0.29) is 30.8 Å². The molecular weight excluding hydrogens is 528 g/mol. The minimum absolute atomic E-state index is 0.0243. The Balaban J connectivity index is 1.38. The van der Waals surface area contributed by atoms with Gasteiger partial charge in [-0.15, -0.1) is 0 Å². The van der Waals surface area contributed by atoms with E-state index < -0.39 is 12.1 Å². The average molecular weight is 563 g/mol. The van der Waals surface area contributed by atoms with Gasteiger partial charge in [0.05, 0.1) is 13.0 Å². The number of hydrogen-bond donors (Lipinski definition) is 2. The Morgan fingerprint density at radius 2 is 1.55 bits per heavy atom. The maximum Gasteiger partial charge on any atom is 0.420 e. The summed E-state index contributed by atoms with van der Waals surface area (Å²) in [5.41, 5.74) is 7.95. The van der Waals surface area contributed by atoms with Crippen molar-refractivity contribution in [1.82, 2.24) is 5.32 Å². The van der Waals surface area contributed by atoms with Crippen LogP contribution >= 0.6 is 0 Å². The van der Waals surface area contributed by atoms with E-state index in [0.717, 1.165) is 17.5 Å². The van der Waals surface area contributed by atoms with Crippen molar-refractivity contribution < 1.29 is 24.2 Å². The molecule has 0 aromatic heterocycles. The van der Waals surface area contributed by atoms with Crippen LogP contribution in [0.3, 0.4) is 0 Å². The van der Waals surface area contributed by atoms with Crippen molar-refractivity contribution in [2.45, 2.75) is 45.6 Å². The zero-order valence-corrected chi connectivity index (χ0v) is 24.0. The molecule has 0 saturated heterocycles. The van der Waals surface area contributed by atoms with Crippen LogP contribution < -0.4 is 15.0 Å². The van der Waals surface area contributed by atoms with Gasteiger partial charge in [0.1, 0.15) is 5.75 Å². The van der Waals surface area contributed by atoms with Crippen molar-refractivity contribution in [2.24, 2.45) is 0 Å². The fourth-order valence-electron chi connectivity index (χ4n) is 5.10. The maximum atomic E-state index is 13.6. The molecule has 0 spiro atoms. The van der Waals surface area contributed by atoms with Crippen molar-refractivity contribution in [1.29, 1.82) is 0 Å². The number of aliphatic carboxylic acids is 1. The number of nitrogens with zero attached hydrogens (tertiary/aromatic N) is 1. The monoisotopic (exact) mass is 562 g/mol. The highest BCUT2D eigenvalue weighted by atomic mass is 16.6. The molecule has 0 saturated carbocycles. The van der Waals surface area contributed by atoms with Crippen LogP contribution in [0.25, 0.3) is 11.1 Å². The molecule has 4 aromatic rings. The van der Waals surface area contributed by atoms with E-state index in [1.807, 2.05) is 30.3 Å². The van der Waals surface area contributed by atoms with Crippen LogP contribution in [-0.4, -0.2) is 29.6 Å². The third-order valence-corrected chi connectivity index (χ3v) is 7.41. The van der Waals surface area contributed by atoms with Crippen LogP contribution in [0, 0.1) is 0 Å². The van der Waals surface area contributed by atoms with Crippen LogP contribution in [0.2, 0.25) is 0 Å². The van der Waals surface area contributed by atoms with E-state index in [4.69, 9.17) is 9.84 Å². The smallest absolute Gasteiger partial charge is 0.420 e. The predicted molar refractivity (Wildman–Crippen MR) is 163 cm³/mol. The van der Waals surface area contributed by atoms with Crippen molar-refractivity contribution in [3.63, 3.8) is 0 Å². The summed E-state index contributed by atoms with van der Waals surface area (Å²) in [4.78, 5) is 38.4. The van der Waals surface area contributed by atoms with Crippen LogP contribution in [-0.2, 0) is 23.2 Å². The number of ether oxygens (including phenoxy) is 1. The first-order chi connectivity index (χ1) is 20.1. The molecule has 1 aliphatic rings. The Morgan fingerprint density at radius 3 is 2.24 bits per heavy atom. The zero-order valence-electron chi connectivity index (χ0n) is 24.0. The van der Waals surface area contributed by atoms with Gasteiger partial charge in [-0.05, 0) is 81.6 Å². The topological polar surface area (TPSA) is 95.9 Å². The molecule has 5 rings (SSSR count). The second kappa shape index (κ2) is 11.9. The van der Waals surface area contributed by atoms with E-state index in [0.29, 0.717) is 17.0 Å². The molecule has 0 unspecified atom stereocenters. The number of fused-ring (bicyclic) bond motifs is 3. The summed E-state index contributed by atoms with van der Waals surface area (Å²) >= 11 is 0. The molecule has 7 heteroatoms. The summed E-state index contributed by atoms with van der Waals surface area (Å²) in [6.07, 6.45) is 0.141. The van der Waals surface area contributed by atoms with Gasteiger partial charge in [0.15, 0.2) is 0 Å². The van der Waals surface area contributed by atoms with Gasteiger partial charge in [-0.25, -0.2) is 4.79 Å². The van der Waals surface area contributed by atoms with Gasteiger partial charge in [-0.2, -0.15) is 0 Å². The molecule has 0 radical (unpaired) electrons. The molecule has 4 aromatic carbocycles. The highest BCUT2D eigenvalue weighted by molar-refractivity contribution is 5.95. The number of carboxylic acids is 1. The van der Waals surface area contributed by atoms with E-state index in [2.05, 4.69) is 50.4 Å². The average Bonchev–Trinajstić information content (AvgIpc) is 3.33. The zero-order chi connectivity index (χ0) is 29.9. The summed E-state index contributed by atoms with van der Waals surface area (Å²) in [5, 5.41) is 11.4. The lowest BCUT2D eigenvalue weighted by Gasteiger charge is -2.23. The number of nitrogens with one attached hydrogen (secondary N) is 1. The number of carbonyl (C=O) groups is 3. The summed E-state index contributed by atoms with van der Waals surface area (Å²) in [6, 6.07) is 28.8. The van der Waals surface area contributed by atoms with Gasteiger partial charge in [0, 0.05) is 17.8 Å². The van der Waals surface area contributed by atoms with Crippen molar-refractivity contribution in [3.05, 3.63) is 119 Å². The minimum atomic E-state index is -0.983. The predicted octanol–water partition coefficient (Wildman–Crippen LogP) is 6.97. The molecule has 7 nitrogen and oxygen atoms in total. The second-order valence-corrected chi connectivity index (χ2v) is 11.5. The lowest BCUT2D eigenvalue weighted by Crippen LogP contribution is -2.33. The SMILES string of the molecule is CC(C)(C)c1ccc(OC(=O)N(Cc2ccc3c(c2)Cc2ccccc2-3)c2ccc(C(=O)NCCC(=O)O)cc2)cc1. The molecule has 214 valence electrons. The molecule has 0 heterocycles. The third kappa shape index (κ3) is 6.52. The van der Waals surface area contributed by atoms with Crippen molar-refractivity contribution in [3.8, 4) is 16.9 Å². The second-order valence-electron chi connectivity index (χ2n) is 11.5. The van der Waals surface area contributed by atoms with Crippen molar-refractivity contribution in [2.75, 3.05) is 11.4 Å². The van der Waals surface area contributed by atoms with Crippen LogP contribution in [0.1, 0.15) is 59.8 Å². The summed E-state index contributed by atoms with van der Waals surface area (Å²) in [5.74, 6) is -0.922. The molecule has 1 aliphatic carbocycles. The fourth-order valence-corrected chi connectivity index (χ4v) is 5.10. The Morgan fingerprint density at radius 1 is 0.857 bits per heavy atom. The number of rotatable bonds is 8. The van der Waals surface area contributed by atoms with Gasteiger partial charge in [-0.1, -0.05) is 75.4 Å².